The summed E-state index contributed by atoms with van der Waals surface area (Å²) >= 11 is 0. The zero-order chi connectivity index (χ0) is 18.9. The normalized spacial score (nSPS) is 13.7. The lowest BCUT2D eigenvalue weighted by atomic mass is 9.96. The Morgan fingerprint density at radius 2 is 2.00 bits per heavy atom. The van der Waals surface area contributed by atoms with Crippen molar-refractivity contribution in [2.24, 2.45) is 0 Å². The molecule has 1 aromatic rings. The van der Waals surface area contributed by atoms with Gasteiger partial charge >= 0.3 is 0 Å². The summed E-state index contributed by atoms with van der Waals surface area (Å²) in [7, 11) is 4.81. The van der Waals surface area contributed by atoms with Crippen LogP contribution in [0.1, 0.15) is 18.9 Å². The lowest BCUT2D eigenvalue weighted by molar-refractivity contribution is 0.0606. The van der Waals surface area contributed by atoms with Gasteiger partial charge < -0.3 is 24.6 Å². The smallest absolute Gasteiger partial charge is 0.127 e. The third-order valence-electron chi connectivity index (χ3n) is 3.71. The number of methoxy groups -OCH3 is 3. The summed E-state index contributed by atoms with van der Waals surface area (Å²) in [6.07, 6.45) is 3.79. The first-order valence-electron chi connectivity index (χ1n) is 8.05. The highest BCUT2D eigenvalue weighted by molar-refractivity contribution is 5.40. The summed E-state index contributed by atoms with van der Waals surface area (Å²) in [6.45, 7) is 10.4. The van der Waals surface area contributed by atoms with Crippen LogP contribution in [0, 0.1) is 0 Å². The van der Waals surface area contributed by atoms with Gasteiger partial charge in [-0.25, -0.2) is 0 Å². The molecule has 0 aromatic heterocycles. The molecule has 5 nitrogen and oxygen atoms in total. The molecule has 0 fully saturated rings. The van der Waals surface area contributed by atoms with Crippen LogP contribution in [0.2, 0.25) is 0 Å². The van der Waals surface area contributed by atoms with Crippen LogP contribution in [0.4, 0.5) is 0 Å². The van der Waals surface area contributed by atoms with Crippen molar-refractivity contribution in [1.82, 2.24) is 5.32 Å². The van der Waals surface area contributed by atoms with E-state index in [9.17, 15) is 5.11 Å². The molecule has 0 bridgehead atoms. The van der Waals surface area contributed by atoms with Gasteiger partial charge in [-0.2, -0.15) is 0 Å². The fourth-order valence-corrected chi connectivity index (χ4v) is 2.47. The number of allylic oxidation sites excluding steroid dienone is 2. The van der Waals surface area contributed by atoms with E-state index in [4.69, 9.17) is 14.2 Å². The maximum absolute atomic E-state index is 10.6. The van der Waals surface area contributed by atoms with E-state index in [-0.39, 0.29) is 0 Å². The average molecular weight is 347 g/mol. The molecule has 0 aliphatic carbocycles. The van der Waals surface area contributed by atoms with Crippen molar-refractivity contribution in [3.8, 4) is 11.5 Å². The molecule has 0 radical (unpaired) electrons. The first-order chi connectivity index (χ1) is 11.8. The van der Waals surface area contributed by atoms with Crippen molar-refractivity contribution in [1.29, 1.82) is 0 Å². The van der Waals surface area contributed by atoms with E-state index >= 15 is 0 Å². The Kier molecular flexibility index (Phi) is 8.25. The largest absolute Gasteiger partial charge is 0.497 e. The van der Waals surface area contributed by atoms with Crippen LogP contribution in [0.5, 0.6) is 11.5 Å². The number of rotatable bonds is 11. The van der Waals surface area contributed by atoms with Gasteiger partial charge in [0.25, 0.3) is 0 Å². The van der Waals surface area contributed by atoms with Crippen molar-refractivity contribution in [2.45, 2.75) is 25.5 Å². The molecular formula is C20H29NO4. The third kappa shape index (κ3) is 7.03. The monoisotopic (exact) mass is 347 g/mol. The molecule has 0 saturated heterocycles. The second kappa shape index (κ2) is 9.91. The minimum atomic E-state index is -0.937. The van der Waals surface area contributed by atoms with Gasteiger partial charge in [0.2, 0.25) is 0 Å². The Labute approximate surface area is 150 Å². The summed E-state index contributed by atoms with van der Waals surface area (Å²) in [5.41, 5.74) is 0.824. The molecule has 0 aliphatic rings. The number of aliphatic hydroxyl groups is 1. The Hall–Kier alpha value is -2.24. The second-order valence-electron chi connectivity index (χ2n) is 6.07. The number of benzene rings is 1. The molecule has 0 heterocycles. The van der Waals surface area contributed by atoms with Crippen LogP contribution in [0.25, 0.3) is 0 Å². The number of hydrogen-bond acceptors (Lipinski definition) is 5. The van der Waals surface area contributed by atoms with E-state index in [1.54, 1.807) is 40.4 Å². The zero-order valence-electron chi connectivity index (χ0n) is 15.6. The van der Waals surface area contributed by atoms with Gasteiger partial charge in [-0.3, -0.25) is 0 Å². The van der Waals surface area contributed by atoms with Crippen LogP contribution in [0.3, 0.4) is 0 Å². The molecular weight excluding hydrogens is 318 g/mol. The molecule has 138 valence electrons. The molecule has 5 heteroatoms. The molecule has 1 rings (SSSR count). The van der Waals surface area contributed by atoms with Gasteiger partial charge in [0.15, 0.2) is 0 Å². The summed E-state index contributed by atoms with van der Waals surface area (Å²) < 4.78 is 15.7. The highest BCUT2D eigenvalue weighted by Crippen LogP contribution is 2.24. The maximum atomic E-state index is 10.6. The quantitative estimate of drug-likeness (QED) is 0.475. The Bertz CT molecular complexity index is 620. The Balaban J connectivity index is 2.60. The van der Waals surface area contributed by atoms with Gasteiger partial charge in [-0.05, 0) is 30.7 Å². The van der Waals surface area contributed by atoms with Gasteiger partial charge in [-0.15, -0.1) is 0 Å². The standard InChI is InChI=1S/C20H29NO4/c1-7-17(23-4)10-15(2)12-20(3,22)14-21-13-16-8-9-18(24-5)11-19(16)25-6/h7-11,21-22H,1-2,12-14H2,3-6H3. The fourth-order valence-electron chi connectivity index (χ4n) is 2.47. The molecule has 2 N–H and O–H groups in total. The summed E-state index contributed by atoms with van der Waals surface area (Å²) in [5.74, 6) is 2.11. The first-order valence-corrected chi connectivity index (χ1v) is 8.05. The lowest BCUT2D eigenvalue weighted by Crippen LogP contribution is -2.37. The minimum Gasteiger partial charge on any atom is -0.497 e. The molecule has 1 aromatic carbocycles. The van der Waals surface area contributed by atoms with Crippen molar-refractivity contribution in [3.05, 3.63) is 60.4 Å². The van der Waals surface area contributed by atoms with Crippen molar-refractivity contribution in [3.63, 3.8) is 0 Å². The van der Waals surface area contributed by atoms with Crippen molar-refractivity contribution >= 4 is 0 Å². The van der Waals surface area contributed by atoms with E-state index in [0.29, 0.717) is 25.3 Å². The predicted molar refractivity (Wildman–Crippen MR) is 101 cm³/mol. The van der Waals surface area contributed by atoms with Crippen molar-refractivity contribution in [2.75, 3.05) is 27.9 Å². The van der Waals surface area contributed by atoms with E-state index in [0.717, 1.165) is 22.6 Å². The summed E-state index contributed by atoms with van der Waals surface area (Å²) in [4.78, 5) is 0. The zero-order valence-corrected chi connectivity index (χ0v) is 15.6. The fraction of sp³-hybridized carbons (Fsp3) is 0.400. The predicted octanol–water partition coefficient (Wildman–Crippen LogP) is 3.21. The Morgan fingerprint density at radius 1 is 1.28 bits per heavy atom. The molecule has 0 amide bonds. The maximum Gasteiger partial charge on any atom is 0.127 e. The first kappa shape index (κ1) is 20.8. The lowest BCUT2D eigenvalue weighted by Gasteiger charge is -2.24. The molecule has 1 unspecified atom stereocenters. The number of ether oxygens (including phenoxy) is 3. The molecule has 0 aliphatic heterocycles. The van der Waals surface area contributed by atoms with Gasteiger partial charge in [0.05, 0.1) is 26.9 Å². The van der Waals surface area contributed by atoms with Crippen LogP contribution in [-0.4, -0.2) is 38.6 Å². The van der Waals surface area contributed by atoms with Crippen LogP contribution < -0.4 is 14.8 Å². The second-order valence-corrected chi connectivity index (χ2v) is 6.07. The van der Waals surface area contributed by atoms with E-state index in [1.165, 1.54) is 0 Å². The van der Waals surface area contributed by atoms with Gasteiger partial charge in [0, 0.05) is 31.1 Å². The highest BCUT2D eigenvalue weighted by Gasteiger charge is 2.21. The van der Waals surface area contributed by atoms with Crippen molar-refractivity contribution < 1.29 is 19.3 Å². The SMILES string of the molecule is C=CC(=CC(=C)CC(C)(O)CNCc1ccc(OC)cc1OC)OC. The van der Waals surface area contributed by atoms with E-state index in [2.05, 4.69) is 18.5 Å². The van der Waals surface area contributed by atoms with Gasteiger partial charge in [-0.1, -0.05) is 19.2 Å². The third-order valence-corrected chi connectivity index (χ3v) is 3.71. The van der Waals surface area contributed by atoms with Crippen LogP contribution in [-0.2, 0) is 11.3 Å². The van der Waals surface area contributed by atoms with Crippen LogP contribution >= 0.6 is 0 Å². The molecule has 25 heavy (non-hydrogen) atoms. The summed E-state index contributed by atoms with van der Waals surface area (Å²) in [6, 6.07) is 5.66. The molecule has 1 atom stereocenters. The number of nitrogens with one attached hydrogen (secondary N) is 1. The molecule has 0 spiro atoms. The Morgan fingerprint density at radius 3 is 2.56 bits per heavy atom. The average Bonchev–Trinajstić information content (AvgIpc) is 2.59. The minimum absolute atomic E-state index is 0.408. The summed E-state index contributed by atoms with van der Waals surface area (Å²) in [5, 5.41) is 13.8. The van der Waals surface area contributed by atoms with Gasteiger partial charge in [0.1, 0.15) is 17.3 Å². The van der Waals surface area contributed by atoms with E-state index in [1.807, 2.05) is 18.2 Å². The topological polar surface area (TPSA) is 60.0 Å². The molecule has 0 saturated carbocycles. The van der Waals surface area contributed by atoms with E-state index < -0.39 is 5.60 Å². The highest BCUT2D eigenvalue weighted by atomic mass is 16.5. The van der Waals surface area contributed by atoms with Crippen LogP contribution in [0.15, 0.2) is 54.8 Å². The number of hydrogen-bond donors (Lipinski definition) is 2.